The van der Waals surface area contributed by atoms with Crippen LogP contribution in [0.2, 0.25) is 0 Å². The van der Waals surface area contributed by atoms with Gasteiger partial charge in [-0.25, -0.2) is 0 Å². The van der Waals surface area contributed by atoms with E-state index in [1.54, 1.807) is 0 Å². The monoisotopic (exact) mass is 900 g/mol. The number of unbranched alkanes of at least 4 members (excludes halogenated alkanes) is 3. The van der Waals surface area contributed by atoms with Crippen molar-refractivity contribution in [3.8, 4) is 6.07 Å². The van der Waals surface area contributed by atoms with E-state index in [1.807, 2.05) is 26.0 Å². The van der Waals surface area contributed by atoms with Crippen LogP contribution in [0.4, 0.5) is 0 Å². The molecular formula is C59H85N3O4. The van der Waals surface area contributed by atoms with Gasteiger partial charge in [-0.05, 0) is 137 Å². The van der Waals surface area contributed by atoms with Gasteiger partial charge in [0.25, 0.3) is 0 Å². The van der Waals surface area contributed by atoms with Crippen molar-refractivity contribution in [2.75, 3.05) is 13.1 Å². The molecule has 2 N–H and O–H groups in total. The second-order valence-electron chi connectivity index (χ2n) is 22.4. The van der Waals surface area contributed by atoms with E-state index >= 15 is 0 Å². The molecule has 3 fully saturated rings. The summed E-state index contributed by atoms with van der Waals surface area (Å²) in [4.78, 5) is 55.3. The number of carbonyl (C=O) groups is 4. The van der Waals surface area contributed by atoms with E-state index in [4.69, 9.17) is 0 Å². The molecule has 360 valence electrons. The summed E-state index contributed by atoms with van der Waals surface area (Å²) >= 11 is 0. The Hall–Kier alpha value is -4.31. The molecule has 0 spiro atoms. The Bertz CT molecular complexity index is 2030. The summed E-state index contributed by atoms with van der Waals surface area (Å²) in [5, 5.41) is 16.5. The lowest BCUT2D eigenvalue weighted by atomic mass is 9.34. The molecule has 0 aromatic rings. The largest absolute Gasteiger partial charge is 0.356 e. The quantitative estimate of drug-likeness (QED) is 0.0829. The van der Waals surface area contributed by atoms with Crippen LogP contribution in [0.5, 0.6) is 0 Å². The maximum absolute atomic E-state index is 14.9. The fourth-order valence-electron chi connectivity index (χ4n) is 13.2. The first-order chi connectivity index (χ1) is 31.4. The Labute approximate surface area is 399 Å². The summed E-state index contributed by atoms with van der Waals surface area (Å²) in [6.07, 6.45) is 46.9. The molecule has 5 aliphatic carbocycles. The standard InChI is InChI=1S/C59H85N3O4/c1-9-10-11-12-13-14-15-16-17-18-19-20-21-22-23-24-25-26-29-32-50(64)61-39-30-27-28-31-40-62-53(66)59-37-35-54(2,3)43-46(59)51-47(63)41-49-56(6)42-45(44-60)52(65)55(4,5)48(56)33-34-57(49,7)58(51,8)36-38-59/h10-11,13-14,16-17,19-20,22-23,25-26,41-42,46,48,51H,9,12,15,18,21,24,27-40,43H2,1-8H3,(H,61,64)(H,62,66)/b11-10-,14-13-,17-16-,20-19-,23-22-,26-25-/t46-,48+,51+,56+,57-,58-,59+/m1/s1. The van der Waals surface area contributed by atoms with Gasteiger partial charge < -0.3 is 10.6 Å². The van der Waals surface area contributed by atoms with E-state index in [0.29, 0.717) is 19.5 Å². The van der Waals surface area contributed by atoms with E-state index < -0.39 is 16.2 Å². The maximum Gasteiger partial charge on any atom is 0.226 e. The van der Waals surface area contributed by atoms with Gasteiger partial charge >= 0.3 is 0 Å². The zero-order valence-electron chi connectivity index (χ0n) is 42.2. The predicted octanol–water partition coefficient (Wildman–Crippen LogP) is 13.5. The van der Waals surface area contributed by atoms with Gasteiger partial charge in [0.15, 0.2) is 11.6 Å². The van der Waals surface area contributed by atoms with E-state index in [0.717, 1.165) is 121 Å². The number of nitriles is 1. The number of rotatable bonds is 22. The minimum absolute atomic E-state index is 0.00677. The average Bonchev–Trinajstić information content (AvgIpc) is 3.27. The van der Waals surface area contributed by atoms with Crippen LogP contribution in [-0.4, -0.2) is 36.5 Å². The molecule has 5 aliphatic rings. The number of fused-ring (bicyclic) bond motifs is 7. The lowest BCUT2D eigenvalue weighted by Gasteiger charge is -2.69. The molecule has 0 radical (unpaired) electrons. The van der Waals surface area contributed by atoms with Crippen LogP contribution in [0.1, 0.15) is 177 Å². The van der Waals surface area contributed by atoms with Gasteiger partial charge in [0.2, 0.25) is 11.8 Å². The van der Waals surface area contributed by atoms with E-state index in [9.17, 15) is 24.4 Å². The number of amides is 2. The average molecular weight is 900 g/mol. The summed E-state index contributed by atoms with van der Waals surface area (Å²) in [5.74, 6) is -0.0428. The topological polar surface area (TPSA) is 116 Å². The van der Waals surface area contributed by atoms with Gasteiger partial charge in [-0.3, -0.25) is 19.2 Å². The van der Waals surface area contributed by atoms with Crippen LogP contribution in [0.15, 0.2) is 96.2 Å². The fraction of sp³-hybridized carbons (Fsp3) is 0.644. The van der Waals surface area contributed by atoms with Gasteiger partial charge in [0, 0.05) is 36.3 Å². The van der Waals surface area contributed by atoms with Gasteiger partial charge in [0.1, 0.15) is 6.07 Å². The van der Waals surface area contributed by atoms with Crippen LogP contribution in [0.25, 0.3) is 0 Å². The lowest BCUT2D eigenvalue weighted by Crippen LogP contribution is -2.66. The Morgan fingerprint density at radius 1 is 0.712 bits per heavy atom. The van der Waals surface area contributed by atoms with E-state index in [2.05, 4.69) is 131 Å². The highest BCUT2D eigenvalue weighted by molar-refractivity contribution is 6.04. The summed E-state index contributed by atoms with van der Waals surface area (Å²) in [5.41, 5.74) is -1.15. The van der Waals surface area contributed by atoms with E-state index in [1.165, 1.54) is 0 Å². The Morgan fingerprint density at radius 2 is 1.26 bits per heavy atom. The van der Waals surface area contributed by atoms with Crippen molar-refractivity contribution in [1.29, 1.82) is 5.26 Å². The third kappa shape index (κ3) is 11.7. The number of allylic oxidation sites excluding steroid dienone is 16. The van der Waals surface area contributed by atoms with Gasteiger partial charge in [0.05, 0.1) is 11.0 Å². The predicted molar refractivity (Wildman–Crippen MR) is 271 cm³/mol. The second kappa shape index (κ2) is 23.1. The third-order valence-corrected chi connectivity index (χ3v) is 17.2. The van der Waals surface area contributed by atoms with Crippen LogP contribution < -0.4 is 10.6 Å². The first-order valence-electron chi connectivity index (χ1n) is 25.8. The van der Waals surface area contributed by atoms with Crippen molar-refractivity contribution < 1.29 is 19.2 Å². The second-order valence-corrected chi connectivity index (χ2v) is 22.4. The van der Waals surface area contributed by atoms with Crippen molar-refractivity contribution in [2.45, 2.75) is 177 Å². The molecule has 0 aromatic carbocycles. The Morgan fingerprint density at radius 3 is 1.83 bits per heavy atom. The molecule has 0 saturated heterocycles. The molecule has 0 aliphatic heterocycles. The van der Waals surface area contributed by atoms with Gasteiger partial charge in [-0.15, -0.1) is 0 Å². The van der Waals surface area contributed by atoms with Crippen molar-refractivity contribution in [1.82, 2.24) is 10.6 Å². The molecule has 0 heterocycles. The van der Waals surface area contributed by atoms with Crippen molar-refractivity contribution in [3.63, 3.8) is 0 Å². The molecule has 5 rings (SSSR count). The maximum atomic E-state index is 14.9. The van der Waals surface area contributed by atoms with Crippen molar-refractivity contribution in [3.05, 3.63) is 96.2 Å². The molecule has 3 saturated carbocycles. The van der Waals surface area contributed by atoms with Crippen molar-refractivity contribution in [2.24, 2.45) is 50.2 Å². The molecule has 0 aromatic heterocycles. The number of ketones is 2. The van der Waals surface area contributed by atoms with E-state index in [-0.39, 0.29) is 63.0 Å². The van der Waals surface area contributed by atoms with Crippen LogP contribution in [-0.2, 0) is 19.2 Å². The highest BCUT2D eigenvalue weighted by atomic mass is 16.2. The molecule has 66 heavy (non-hydrogen) atoms. The summed E-state index contributed by atoms with van der Waals surface area (Å²) < 4.78 is 0. The zero-order chi connectivity index (χ0) is 48.1. The van der Waals surface area contributed by atoms with Crippen LogP contribution >= 0.6 is 0 Å². The molecule has 0 unspecified atom stereocenters. The number of Topliss-reactive ketones (excluding diaryl/α,β-unsaturated/α-hetero) is 1. The number of nitrogens with one attached hydrogen (secondary N) is 2. The lowest BCUT2D eigenvalue weighted by molar-refractivity contribution is -0.178. The van der Waals surface area contributed by atoms with Crippen LogP contribution in [0, 0.1) is 61.6 Å². The highest BCUT2D eigenvalue weighted by Gasteiger charge is 2.70. The van der Waals surface area contributed by atoms with Gasteiger partial charge in [-0.2, -0.15) is 5.26 Å². The Kier molecular flexibility index (Phi) is 18.5. The molecule has 7 nitrogen and oxygen atoms in total. The molecular weight excluding hydrogens is 815 g/mol. The Balaban J connectivity index is 1.02. The molecule has 7 atom stereocenters. The van der Waals surface area contributed by atoms with Gasteiger partial charge in [-0.1, -0.05) is 153 Å². The molecule has 7 heteroatoms. The summed E-state index contributed by atoms with van der Waals surface area (Å²) in [7, 11) is 0. The number of hydrogen-bond acceptors (Lipinski definition) is 5. The smallest absolute Gasteiger partial charge is 0.226 e. The fourth-order valence-corrected chi connectivity index (χ4v) is 13.2. The number of carbonyl (C=O) groups excluding carboxylic acids is 4. The summed E-state index contributed by atoms with van der Waals surface area (Å²) in [6.45, 7) is 18.9. The number of hydrogen-bond donors (Lipinski definition) is 2. The normalized spacial score (nSPS) is 31.5. The highest BCUT2D eigenvalue weighted by Crippen LogP contribution is 2.74. The van der Waals surface area contributed by atoms with Crippen LogP contribution in [0.3, 0.4) is 0 Å². The SMILES string of the molecule is CC/C=C\C/C=C\C/C=C\C/C=C\C/C=C\C/C=C\CCC(=O)NCCCCCCNC(=O)[C@]12CCC(C)(C)C[C@@H]1[C@H]1C(=O)C=C3[C@@]4(C)C=C(C#N)C(=O)C(C)(C)[C@@H]4CC[C@@]3(C)[C@]1(C)CC2. The minimum Gasteiger partial charge on any atom is -0.356 e. The zero-order valence-corrected chi connectivity index (χ0v) is 42.2. The number of nitrogens with zero attached hydrogens (tertiary/aromatic N) is 1. The molecule has 2 amide bonds. The first kappa shape index (κ1) is 52.7. The third-order valence-electron chi connectivity index (χ3n) is 17.2. The first-order valence-corrected chi connectivity index (χ1v) is 25.8. The molecule has 0 bridgehead atoms. The minimum atomic E-state index is -0.697. The van der Waals surface area contributed by atoms with Crippen molar-refractivity contribution >= 4 is 23.4 Å². The summed E-state index contributed by atoms with van der Waals surface area (Å²) in [6, 6.07) is 2.21.